The number of benzene rings is 2. The standard InChI is InChI=1S/C26H16FN5O2S/c27-17-4-5-18(21(13-17)34-14-22-28-9-1-10-29-22)25-26-19(8-11-35-26)24(31-32-25)16-2-6-20-15(12-16)3-7-23(33)30-20/h1-13H,14H2,(H,30,33). The Kier molecular flexibility index (Phi) is 5.23. The highest BCUT2D eigenvalue weighted by atomic mass is 32.1. The molecule has 0 fully saturated rings. The fourth-order valence-electron chi connectivity index (χ4n) is 3.93. The average Bonchev–Trinajstić information content (AvgIpc) is 3.38. The zero-order valence-electron chi connectivity index (χ0n) is 18.1. The van der Waals surface area contributed by atoms with Crippen LogP contribution in [0.25, 0.3) is 43.5 Å². The van der Waals surface area contributed by atoms with E-state index in [1.54, 1.807) is 30.6 Å². The summed E-state index contributed by atoms with van der Waals surface area (Å²) in [7, 11) is 0. The van der Waals surface area contributed by atoms with E-state index in [9.17, 15) is 9.18 Å². The molecule has 0 saturated carbocycles. The van der Waals surface area contributed by atoms with Crippen LogP contribution in [0.1, 0.15) is 5.82 Å². The lowest BCUT2D eigenvalue weighted by molar-refractivity contribution is 0.295. The topological polar surface area (TPSA) is 93.7 Å². The van der Waals surface area contributed by atoms with Gasteiger partial charge in [-0.15, -0.1) is 21.5 Å². The van der Waals surface area contributed by atoms with Crippen LogP contribution in [0.4, 0.5) is 4.39 Å². The van der Waals surface area contributed by atoms with Crippen LogP contribution in [0.15, 0.2) is 83.2 Å². The van der Waals surface area contributed by atoms with Gasteiger partial charge in [0.25, 0.3) is 0 Å². The predicted molar refractivity (Wildman–Crippen MR) is 133 cm³/mol. The van der Waals surface area contributed by atoms with E-state index < -0.39 is 5.82 Å². The van der Waals surface area contributed by atoms with Crippen LogP contribution in [-0.2, 0) is 6.61 Å². The van der Waals surface area contributed by atoms with Crippen LogP contribution in [-0.4, -0.2) is 25.1 Å². The lowest BCUT2D eigenvalue weighted by atomic mass is 10.0. The molecule has 0 bridgehead atoms. The summed E-state index contributed by atoms with van der Waals surface area (Å²) < 4.78 is 20.9. The Labute approximate surface area is 201 Å². The fraction of sp³-hybridized carbons (Fsp3) is 0.0385. The molecule has 6 rings (SSSR count). The molecule has 35 heavy (non-hydrogen) atoms. The zero-order chi connectivity index (χ0) is 23.8. The van der Waals surface area contributed by atoms with E-state index in [2.05, 4.69) is 25.1 Å². The first-order valence-electron chi connectivity index (χ1n) is 10.7. The molecule has 0 spiro atoms. The minimum absolute atomic E-state index is 0.0928. The molecule has 0 amide bonds. The van der Waals surface area contributed by atoms with Crippen LogP contribution in [0.3, 0.4) is 0 Å². The molecule has 0 aliphatic rings. The first kappa shape index (κ1) is 21.1. The highest BCUT2D eigenvalue weighted by molar-refractivity contribution is 7.17. The van der Waals surface area contributed by atoms with Crippen LogP contribution in [0.5, 0.6) is 5.75 Å². The molecular weight excluding hydrogens is 465 g/mol. The summed E-state index contributed by atoms with van der Waals surface area (Å²) in [4.78, 5) is 22.7. The molecule has 0 aliphatic carbocycles. The summed E-state index contributed by atoms with van der Waals surface area (Å²) in [6.07, 6.45) is 3.25. The van der Waals surface area contributed by atoms with Crippen molar-refractivity contribution in [3.8, 4) is 28.3 Å². The number of nitrogens with one attached hydrogen (secondary N) is 1. The van der Waals surface area contributed by atoms with Crippen LogP contribution < -0.4 is 10.3 Å². The van der Waals surface area contributed by atoms with Crippen molar-refractivity contribution in [1.29, 1.82) is 0 Å². The molecule has 4 aromatic heterocycles. The molecule has 170 valence electrons. The van der Waals surface area contributed by atoms with Crippen molar-refractivity contribution >= 4 is 32.3 Å². The van der Waals surface area contributed by atoms with Gasteiger partial charge in [-0.25, -0.2) is 14.4 Å². The van der Waals surface area contributed by atoms with Gasteiger partial charge in [-0.05, 0) is 53.2 Å². The number of hydrogen-bond donors (Lipinski definition) is 1. The largest absolute Gasteiger partial charge is 0.485 e. The van der Waals surface area contributed by atoms with Crippen LogP contribution in [0.2, 0.25) is 0 Å². The molecule has 9 heteroatoms. The number of halogens is 1. The number of aromatic amines is 1. The summed E-state index contributed by atoms with van der Waals surface area (Å²) in [5.74, 6) is 0.408. The lowest BCUT2D eigenvalue weighted by Crippen LogP contribution is -2.03. The number of pyridine rings is 1. The zero-order valence-corrected chi connectivity index (χ0v) is 18.9. The normalized spacial score (nSPS) is 11.2. The highest BCUT2D eigenvalue weighted by Gasteiger charge is 2.18. The summed E-state index contributed by atoms with van der Waals surface area (Å²) in [5, 5.41) is 12.9. The van der Waals surface area contributed by atoms with Crippen molar-refractivity contribution in [2.24, 2.45) is 0 Å². The Bertz CT molecular complexity index is 1750. The second-order valence-electron chi connectivity index (χ2n) is 7.78. The van der Waals surface area contributed by atoms with Crippen molar-refractivity contribution in [3.63, 3.8) is 0 Å². The Hall–Kier alpha value is -4.50. The summed E-state index contributed by atoms with van der Waals surface area (Å²) in [6.45, 7) is 0.0928. The maximum atomic E-state index is 14.1. The van der Waals surface area contributed by atoms with Crippen LogP contribution >= 0.6 is 11.3 Å². The highest BCUT2D eigenvalue weighted by Crippen LogP contribution is 2.39. The van der Waals surface area contributed by atoms with Gasteiger partial charge in [-0.1, -0.05) is 6.07 Å². The Balaban J connectivity index is 1.43. The molecule has 2 aromatic carbocycles. The van der Waals surface area contributed by atoms with Gasteiger partial charge in [0, 0.05) is 46.6 Å². The molecule has 6 aromatic rings. The van der Waals surface area contributed by atoms with Crippen molar-refractivity contribution in [3.05, 3.63) is 100 Å². The van der Waals surface area contributed by atoms with Gasteiger partial charge in [-0.3, -0.25) is 4.79 Å². The minimum Gasteiger partial charge on any atom is -0.485 e. The van der Waals surface area contributed by atoms with Crippen molar-refractivity contribution in [2.45, 2.75) is 6.61 Å². The quantitative estimate of drug-likeness (QED) is 0.356. The van der Waals surface area contributed by atoms with Gasteiger partial charge in [0.15, 0.2) is 5.82 Å². The monoisotopic (exact) mass is 481 g/mol. The number of nitrogens with zero attached hydrogens (tertiary/aromatic N) is 4. The summed E-state index contributed by atoms with van der Waals surface area (Å²) in [6, 6.07) is 17.1. The fourth-order valence-corrected chi connectivity index (χ4v) is 4.82. The molecule has 4 heterocycles. The molecule has 0 saturated heterocycles. The predicted octanol–water partition coefficient (Wildman–Crippen LogP) is 5.37. The smallest absolute Gasteiger partial charge is 0.248 e. The third kappa shape index (κ3) is 4.02. The van der Waals surface area contributed by atoms with Crippen molar-refractivity contribution in [1.82, 2.24) is 25.1 Å². The molecular formula is C26H16FN5O2S. The van der Waals surface area contributed by atoms with E-state index >= 15 is 0 Å². The molecule has 7 nitrogen and oxygen atoms in total. The average molecular weight is 482 g/mol. The number of fused-ring (bicyclic) bond motifs is 2. The lowest BCUT2D eigenvalue weighted by Gasteiger charge is -2.12. The molecule has 0 radical (unpaired) electrons. The number of thiophene rings is 1. The number of H-pyrrole nitrogens is 1. The minimum atomic E-state index is -0.418. The SMILES string of the molecule is O=c1ccc2cc(-c3nnc(-c4ccc(F)cc4OCc4ncccn4)c4sccc34)ccc2[nH]1. The Morgan fingerprint density at radius 2 is 1.80 bits per heavy atom. The first-order valence-corrected chi connectivity index (χ1v) is 11.6. The third-order valence-electron chi connectivity index (χ3n) is 5.56. The molecule has 1 N–H and O–H groups in total. The van der Waals surface area contributed by atoms with Gasteiger partial charge < -0.3 is 9.72 Å². The molecule has 0 unspecified atom stereocenters. The van der Waals surface area contributed by atoms with Crippen molar-refractivity contribution in [2.75, 3.05) is 0 Å². The van der Waals surface area contributed by atoms with E-state index in [0.29, 0.717) is 22.8 Å². The van der Waals surface area contributed by atoms with E-state index in [1.807, 2.05) is 29.6 Å². The maximum absolute atomic E-state index is 14.1. The van der Waals surface area contributed by atoms with Gasteiger partial charge in [-0.2, -0.15) is 0 Å². The van der Waals surface area contributed by atoms with E-state index in [0.717, 1.165) is 32.2 Å². The number of hydrogen-bond acceptors (Lipinski definition) is 7. The van der Waals surface area contributed by atoms with Crippen molar-refractivity contribution < 1.29 is 9.13 Å². The van der Waals surface area contributed by atoms with Gasteiger partial charge in [0.2, 0.25) is 5.56 Å². The number of aromatic nitrogens is 5. The number of ether oxygens (including phenoxy) is 1. The van der Waals surface area contributed by atoms with E-state index in [1.165, 1.54) is 29.5 Å². The van der Waals surface area contributed by atoms with Crippen LogP contribution in [0, 0.1) is 5.82 Å². The number of rotatable bonds is 5. The second kappa shape index (κ2) is 8.69. The second-order valence-corrected chi connectivity index (χ2v) is 8.70. The first-order chi connectivity index (χ1) is 17.2. The van der Waals surface area contributed by atoms with Gasteiger partial charge >= 0.3 is 0 Å². The van der Waals surface area contributed by atoms with E-state index in [-0.39, 0.29) is 12.2 Å². The van der Waals surface area contributed by atoms with Gasteiger partial charge in [0.1, 0.15) is 29.6 Å². The molecule has 0 atom stereocenters. The Morgan fingerprint density at radius 3 is 2.69 bits per heavy atom. The maximum Gasteiger partial charge on any atom is 0.248 e. The summed E-state index contributed by atoms with van der Waals surface area (Å²) >= 11 is 1.53. The van der Waals surface area contributed by atoms with E-state index in [4.69, 9.17) is 4.74 Å². The summed E-state index contributed by atoms with van der Waals surface area (Å²) in [5.41, 5.74) is 3.44. The van der Waals surface area contributed by atoms with Gasteiger partial charge in [0.05, 0.1) is 4.70 Å². The Morgan fingerprint density at radius 1 is 0.943 bits per heavy atom. The molecule has 0 aliphatic heterocycles. The third-order valence-corrected chi connectivity index (χ3v) is 6.48.